The van der Waals surface area contributed by atoms with Gasteiger partial charge in [0.1, 0.15) is 11.6 Å². The highest BCUT2D eigenvalue weighted by atomic mass is 16.3. The van der Waals surface area contributed by atoms with Crippen molar-refractivity contribution in [1.29, 1.82) is 5.26 Å². The first-order chi connectivity index (χ1) is 9.54. The smallest absolute Gasteiger partial charge is 0.272 e. The van der Waals surface area contributed by atoms with Crippen LogP contribution in [0.2, 0.25) is 0 Å². The number of nitrogens with zero attached hydrogens (tertiary/aromatic N) is 2. The first-order valence-electron chi connectivity index (χ1n) is 5.76. The van der Waals surface area contributed by atoms with Crippen LogP contribution in [0, 0.1) is 18.3 Å². The minimum absolute atomic E-state index is 0.0574. The number of aryl methyl sites for hydroxylation is 1. The van der Waals surface area contributed by atoms with E-state index >= 15 is 0 Å². The standard InChI is InChI=1S/C14H11N3O3/c1-9-7-12(18)17(14(20)11(9)8-15)16-13(19)10-5-3-2-4-6-10/h2-7,20H,1H3,(H,16,19). The lowest BCUT2D eigenvalue weighted by atomic mass is 10.2. The molecule has 0 aliphatic heterocycles. The number of aromatic hydroxyl groups is 1. The maximum absolute atomic E-state index is 11.9. The van der Waals surface area contributed by atoms with Gasteiger partial charge in [-0.25, -0.2) is 0 Å². The molecular formula is C14H11N3O3. The van der Waals surface area contributed by atoms with Crippen molar-refractivity contribution in [3.63, 3.8) is 0 Å². The molecule has 6 heteroatoms. The Morgan fingerprint density at radius 3 is 2.60 bits per heavy atom. The molecule has 2 N–H and O–H groups in total. The molecule has 20 heavy (non-hydrogen) atoms. The van der Waals surface area contributed by atoms with Gasteiger partial charge in [-0.3, -0.25) is 15.0 Å². The van der Waals surface area contributed by atoms with E-state index in [1.165, 1.54) is 13.0 Å². The third-order valence-electron chi connectivity index (χ3n) is 2.75. The van der Waals surface area contributed by atoms with Gasteiger partial charge < -0.3 is 5.11 Å². The average Bonchev–Trinajstić information content (AvgIpc) is 2.44. The topological polar surface area (TPSA) is 95.1 Å². The van der Waals surface area contributed by atoms with Crippen molar-refractivity contribution < 1.29 is 9.90 Å². The highest BCUT2D eigenvalue weighted by Crippen LogP contribution is 2.16. The minimum Gasteiger partial charge on any atom is -0.492 e. The van der Waals surface area contributed by atoms with E-state index in [1.807, 2.05) is 0 Å². The molecule has 0 atom stereocenters. The third kappa shape index (κ3) is 2.37. The lowest BCUT2D eigenvalue weighted by Gasteiger charge is -2.12. The summed E-state index contributed by atoms with van der Waals surface area (Å²) in [6.45, 7) is 1.53. The van der Waals surface area contributed by atoms with E-state index in [9.17, 15) is 14.7 Å². The summed E-state index contributed by atoms with van der Waals surface area (Å²) in [4.78, 5) is 23.7. The SMILES string of the molecule is Cc1cc(=O)n(NC(=O)c2ccccc2)c(O)c1C#N. The summed E-state index contributed by atoms with van der Waals surface area (Å²) in [5.74, 6) is -1.14. The fraction of sp³-hybridized carbons (Fsp3) is 0.0714. The Bertz CT molecular complexity index is 758. The number of rotatable bonds is 2. The van der Waals surface area contributed by atoms with Crippen LogP contribution in [0.15, 0.2) is 41.2 Å². The minimum atomic E-state index is -0.622. The molecule has 0 fully saturated rings. The third-order valence-corrected chi connectivity index (χ3v) is 2.75. The molecule has 100 valence electrons. The predicted octanol–water partition coefficient (Wildman–Crippen LogP) is 1.12. The van der Waals surface area contributed by atoms with Gasteiger partial charge in [0.2, 0.25) is 5.88 Å². The molecule has 1 amide bonds. The summed E-state index contributed by atoms with van der Waals surface area (Å²) in [5.41, 5.74) is 2.26. The molecule has 1 aromatic carbocycles. The fourth-order valence-corrected chi connectivity index (χ4v) is 1.72. The highest BCUT2D eigenvalue weighted by molar-refractivity contribution is 6.00. The zero-order valence-electron chi connectivity index (χ0n) is 10.6. The molecule has 1 aromatic heterocycles. The van der Waals surface area contributed by atoms with Crippen LogP contribution in [0.1, 0.15) is 21.5 Å². The Balaban J connectivity index is 2.43. The van der Waals surface area contributed by atoms with Gasteiger partial charge >= 0.3 is 0 Å². The van der Waals surface area contributed by atoms with E-state index in [0.717, 1.165) is 0 Å². The maximum Gasteiger partial charge on any atom is 0.272 e. The molecule has 1 heterocycles. The normalized spacial score (nSPS) is 9.80. The lowest BCUT2D eigenvalue weighted by molar-refractivity contribution is 0.100. The second kappa shape index (κ2) is 5.28. The first kappa shape index (κ1) is 13.4. The zero-order chi connectivity index (χ0) is 14.7. The summed E-state index contributed by atoms with van der Waals surface area (Å²) < 4.78 is 0.654. The van der Waals surface area contributed by atoms with Crippen LogP contribution in [0.5, 0.6) is 5.88 Å². The molecule has 0 spiro atoms. The fourth-order valence-electron chi connectivity index (χ4n) is 1.72. The van der Waals surface area contributed by atoms with E-state index in [4.69, 9.17) is 5.26 Å². The number of amides is 1. The molecule has 2 aromatic rings. The number of hydrogen-bond donors (Lipinski definition) is 2. The molecule has 0 aliphatic rings. The van der Waals surface area contributed by atoms with Crippen molar-refractivity contribution in [2.24, 2.45) is 0 Å². The second-order valence-corrected chi connectivity index (χ2v) is 4.12. The van der Waals surface area contributed by atoms with Crippen LogP contribution in [-0.2, 0) is 0 Å². The van der Waals surface area contributed by atoms with Gasteiger partial charge in [0.15, 0.2) is 0 Å². The average molecular weight is 269 g/mol. The Kier molecular flexibility index (Phi) is 3.53. The van der Waals surface area contributed by atoms with Gasteiger partial charge in [-0.15, -0.1) is 0 Å². The number of benzene rings is 1. The quantitative estimate of drug-likeness (QED) is 0.854. The second-order valence-electron chi connectivity index (χ2n) is 4.12. The molecule has 0 radical (unpaired) electrons. The number of carbonyl (C=O) groups excluding carboxylic acids is 1. The highest BCUT2D eigenvalue weighted by Gasteiger charge is 2.15. The van der Waals surface area contributed by atoms with E-state index in [0.29, 0.717) is 15.8 Å². The summed E-state index contributed by atoms with van der Waals surface area (Å²) in [7, 11) is 0. The number of hydrogen-bond acceptors (Lipinski definition) is 4. The summed E-state index contributed by atoms with van der Waals surface area (Å²) in [6.07, 6.45) is 0. The van der Waals surface area contributed by atoms with Crippen LogP contribution in [0.4, 0.5) is 0 Å². The molecule has 6 nitrogen and oxygen atoms in total. The van der Waals surface area contributed by atoms with Crippen molar-refractivity contribution in [3.05, 3.63) is 63.4 Å². The summed E-state index contributed by atoms with van der Waals surface area (Å²) in [5, 5.41) is 18.8. The Morgan fingerprint density at radius 2 is 2.00 bits per heavy atom. The van der Waals surface area contributed by atoms with Gasteiger partial charge in [-0.2, -0.15) is 9.94 Å². The summed E-state index contributed by atoms with van der Waals surface area (Å²) in [6, 6.07) is 11.2. The van der Waals surface area contributed by atoms with Gasteiger partial charge in [-0.1, -0.05) is 18.2 Å². The van der Waals surface area contributed by atoms with Crippen molar-refractivity contribution in [2.75, 3.05) is 5.43 Å². The lowest BCUT2D eigenvalue weighted by Crippen LogP contribution is -2.33. The number of carbonyl (C=O) groups is 1. The summed E-state index contributed by atoms with van der Waals surface area (Å²) >= 11 is 0. The van der Waals surface area contributed by atoms with Crippen molar-refractivity contribution >= 4 is 5.91 Å². The van der Waals surface area contributed by atoms with Crippen LogP contribution in [0.3, 0.4) is 0 Å². The Morgan fingerprint density at radius 1 is 1.35 bits per heavy atom. The van der Waals surface area contributed by atoms with Crippen LogP contribution >= 0.6 is 0 Å². The van der Waals surface area contributed by atoms with Crippen LogP contribution in [-0.4, -0.2) is 15.7 Å². The van der Waals surface area contributed by atoms with Crippen molar-refractivity contribution in [3.8, 4) is 11.9 Å². The van der Waals surface area contributed by atoms with E-state index in [2.05, 4.69) is 5.43 Å². The largest absolute Gasteiger partial charge is 0.492 e. The number of pyridine rings is 1. The Hall–Kier alpha value is -3.07. The molecule has 0 saturated carbocycles. The Labute approximate surface area is 114 Å². The molecule has 0 unspecified atom stereocenters. The molecule has 0 aliphatic carbocycles. The van der Waals surface area contributed by atoms with E-state index in [1.54, 1.807) is 36.4 Å². The first-order valence-corrected chi connectivity index (χ1v) is 5.76. The van der Waals surface area contributed by atoms with Gasteiger partial charge in [0, 0.05) is 11.6 Å². The molecule has 0 saturated heterocycles. The number of nitrogens with one attached hydrogen (secondary N) is 1. The van der Waals surface area contributed by atoms with Crippen LogP contribution < -0.4 is 11.0 Å². The van der Waals surface area contributed by atoms with Gasteiger partial charge in [-0.05, 0) is 24.6 Å². The van der Waals surface area contributed by atoms with Gasteiger partial charge in [0.25, 0.3) is 11.5 Å². The maximum atomic E-state index is 11.9. The van der Waals surface area contributed by atoms with Gasteiger partial charge in [0.05, 0.1) is 0 Å². The molecular weight excluding hydrogens is 258 g/mol. The van der Waals surface area contributed by atoms with Crippen LogP contribution in [0.25, 0.3) is 0 Å². The number of aromatic nitrogens is 1. The van der Waals surface area contributed by atoms with Crippen molar-refractivity contribution in [2.45, 2.75) is 6.92 Å². The molecule has 2 rings (SSSR count). The predicted molar refractivity (Wildman–Crippen MR) is 72.0 cm³/mol. The van der Waals surface area contributed by atoms with Crippen molar-refractivity contribution in [1.82, 2.24) is 4.68 Å². The van der Waals surface area contributed by atoms with E-state index < -0.39 is 17.3 Å². The number of nitriles is 1. The van der Waals surface area contributed by atoms with E-state index in [-0.39, 0.29) is 5.56 Å². The molecule has 0 bridgehead atoms. The zero-order valence-corrected chi connectivity index (χ0v) is 10.6. The monoisotopic (exact) mass is 269 g/mol.